The van der Waals surface area contributed by atoms with Gasteiger partial charge in [-0.25, -0.2) is 4.79 Å². The number of nitrogens with one attached hydrogen (secondary N) is 2. The fourth-order valence-corrected chi connectivity index (χ4v) is 3.04. The second-order valence-corrected chi connectivity index (χ2v) is 6.53. The molecule has 2 amide bonds. The van der Waals surface area contributed by atoms with Crippen molar-refractivity contribution >= 4 is 17.4 Å². The Kier molecular flexibility index (Phi) is 6.03. The lowest BCUT2D eigenvalue weighted by Crippen LogP contribution is -2.40. The average Bonchev–Trinajstić information content (AvgIpc) is 3.16. The molecular formula is C16H23N3O2S. The Morgan fingerprint density at radius 3 is 2.64 bits per heavy atom. The van der Waals surface area contributed by atoms with Crippen molar-refractivity contribution in [3.8, 4) is 0 Å². The summed E-state index contributed by atoms with van der Waals surface area (Å²) < 4.78 is 5.42. The van der Waals surface area contributed by atoms with E-state index >= 15 is 0 Å². The highest BCUT2D eigenvalue weighted by molar-refractivity contribution is 7.11. The van der Waals surface area contributed by atoms with Crippen LogP contribution in [0.25, 0.3) is 0 Å². The number of urea groups is 1. The van der Waals surface area contributed by atoms with Crippen LogP contribution in [0.4, 0.5) is 4.79 Å². The molecule has 0 fully saturated rings. The highest BCUT2D eigenvalue weighted by atomic mass is 32.1. The summed E-state index contributed by atoms with van der Waals surface area (Å²) in [7, 11) is 3.93. The van der Waals surface area contributed by atoms with Crippen LogP contribution < -0.4 is 10.6 Å². The maximum Gasteiger partial charge on any atom is 0.315 e. The molecule has 2 heterocycles. The van der Waals surface area contributed by atoms with Crippen molar-refractivity contribution in [3.63, 3.8) is 0 Å². The van der Waals surface area contributed by atoms with Crippen LogP contribution in [0.15, 0.2) is 34.9 Å². The minimum Gasteiger partial charge on any atom is -0.468 e. The van der Waals surface area contributed by atoms with Gasteiger partial charge in [0.1, 0.15) is 5.76 Å². The van der Waals surface area contributed by atoms with Gasteiger partial charge in [-0.2, -0.15) is 0 Å². The van der Waals surface area contributed by atoms with Gasteiger partial charge in [0, 0.05) is 16.3 Å². The number of rotatable bonds is 7. The molecule has 2 aromatic rings. The Bertz CT molecular complexity index is 578. The van der Waals surface area contributed by atoms with Gasteiger partial charge in [0.15, 0.2) is 0 Å². The minimum atomic E-state index is -0.162. The first-order valence-corrected chi connectivity index (χ1v) is 8.21. The Hall–Kier alpha value is -1.79. The monoisotopic (exact) mass is 321 g/mol. The summed E-state index contributed by atoms with van der Waals surface area (Å²) in [6.45, 7) is 3.19. The maximum atomic E-state index is 11.9. The topological polar surface area (TPSA) is 57.5 Å². The third-order valence-corrected chi connectivity index (χ3v) is 4.67. The SMILES string of the molecule is CCc1ccc(CNC(=O)NC[C@H](c2ccco2)N(C)C)s1. The second kappa shape index (κ2) is 8.00. The third-order valence-electron chi connectivity index (χ3n) is 3.44. The summed E-state index contributed by atoms with van der Waals surface area (Å²) in [5.74, 6) is 0.844. The van der Waals surface area contributed by atoms with E-state index in [1.54, 1.807) is 17.6 Å². The van der Waals surface area contributed by atoms with Crippen LogP contribution in [-0.4, -0.2) is 31.6 Å². The molecule has 0 bridgehead atoms. The fourth-order valence-electron chi connectivity index (χ4n) is 2.15. The van der Waals surface area contributed by atoms with Crippen LogP contribution >= 0.6 is 11.3 Å². The molecule has 0 saturated carbocycles. The number of hydrogen-bond acceptors (Lipinski definition) is 4. The quantitative estimate of drug-likeness (QED) is 0.824. The van der Waals surface area contributed by atoms with E-state index in [-0.39, 0.29) is 12.1 Å². The van der Waals surface area contributed by atoms with Crippen LogP contribution in [0.3, 0.4) is 0 Å². The maximum absolute atomic E-state index is 11.9. The Morgan fingerprint density at radius 1 is 1.27 bits per heavy atom. The molecule has 0 aliphatic carbocycles. The van der Waals surface area contributed by atoms with Crippen LogP contribution in [-0.2, 0) is 13.0 Å². The highest BCUT2D eigenvalue weighted by Gasteiger charge is 2.17. The molecule has 120 valence electrons. The second-order valence-electron chi connectivity index (χ2n) is 5.28. The third kappa shape index (κ3) is 4.61. The molecule has 2 N–H and O–H groups in total. The number of amides is 2. The molecule has 6 heteroatoms. The van der Waals surface area contributed by atoms with Crippen LogP contribution in [0.2, 0.25) is 0 Å². The summed E-state index contributed by atoms with van der Waals surface area (Å²) >= 11 is 1.74. The van der Waals surface area contributed by atoms with E-state index < -0.39 is 0 Å². The predicted octanol–water partition coefficient (Wildman–Crippen LogP) is 3.01. The lowest BCUT2D eigenvalue weighted by molar-refractivity contribution is 0.225. The number of nitrogens with zero attached hydrogens (tertiary/aromatic N) is 1. The molecule has 0 saturated heterocycles. The van der Waals surface area contributed by atoms with Crippen molar-refractivity contribution in [2.45, 2.75) is 25.9 Å². The Labute approximate surface area is 135 Å². The fraction of sp³-hybridized carbons (Fsp3) is 0.438. The van der Waals surface area contributed by atoms with E-state index in [2.05, 4.69) is 29.7 Å². The van der Waals surface area contributed by atoms with Crippen molar-refractivity contribution in [2.75, 3.05) is 20.6 Å². The van der Waals surface area contributed by atoms with Crippen molar-refractivity contribution in [1.82, 2.24) is 15.5 Å². The molecule has 1 atom stereocenters. The summed E-state index contributed by atoms with van der Waals surface area (Å²) in [5, 5.41) is 5.78. The van der Waals surface area contributed by atoms with Gasteiger partial charge < -0.3 is 15.1 Å². The first-order valence-electron chi connectivity index (χ1n) is 7.39. The molecule has 22 heavy (non-hydrogen) atoms. The van der Waals surface area contributed by atoms with Gasteiger partial charge in [-0.1, -0.05) is 6.92 Å². The number of carbonyl (C=O) groups excluding carboxylic acids is 1. The van der Waals surface area contributed by atoms with Crippen molar-refractivity contribution in [3.05, 3.63) is 46.0 Å². The lowest BCUT2D eigenvalue weighted by Gasteiger charge is -2.22. The number of hydrogen-bond donors (Lipinski definition) is 2. The highest BCUT2D eigenvalue weighted by Crippen LogP contribution is 2.18. The zero-order valence-corrected chi connectivity index (χ0v) is 14.1. The molecule has 0 aliphatic heterocycles. The number of furan rings is 1. The normalized spacial score (nSPS) is 12.4. The molecule has 0 aliphatic rings. The van der Waals surface area contributed by atoms with Crippen molar-refractivity contribution in [1.29, 1.82) is 0 Å². The predicted molar refractivity (Wildman–Crippen MR) is 89.1 cm³/mol. The molecule has 0 unspecified atom stereocenters. The van der Waals surface area contributed by atoms with Gasteiger partial charge in [-0.15, -0.1) is 11.3 Å². The van der Waals surface area contributed by atoms with E-state index in [4.69, 9.17) is 4.42 Å². The van der Waals surface area contributed by atoms with E-state index in [0.29, 0.717) is 13.1 Å². The summed E-state index contributed by atoms with van der Waals surface area (Å²) in [6.07, 6.45) is 2.68. The van der Waals surface area contributed by atoms with Gasteiger partial charge >= 0.3 is 6.03 Å². The molecular weight excluding hydrogens is 298 g/mol. The summed E-state index contributed by atoms with van der Waals surface area (Å²) in [4.78, 5) is 16.4. The van der Waals surface area contributed by atoms with Gasteiger partial charge in [0.2, 0.25) is 0 Å². The molecule has 2 rings (SSSR count). The minimum absolute atomic E-state index is 0.0224. The average molecular weight is 321 g/mol. The van der Waals surface area contributed by atoms with Crippen molar-refractivity contribution in [2.24, 2.45) is 0 Å². The van der Waals surface area contributed by atoms with Crippen LogP contribution in [0.5, 0.6) is 0 Å². The summed E-state index contributed by atoms with van der Waals surface area (Å²) in [6, 6.07) is 7.81. The van der Waals surface area contributed by atoms with Crippen LogP contribution in [0.1, 0.15) is 28.5 Å². The first-order chi connectivity index (χ1) is 10.6. The van der Waals surface area contributed by atoms with E-state index in [9.17, 15) is 4.79 Å². The van der Waals surface area contributed by atoms with Gasteiger partial charge in [-0.05, 0) is 44.8 Å². The largest absolute Gasteiger partial charge is 0.468 e. The zero-order valence-electron chi connectivity index (χ0n) is 13.3. The Morgan fingerprint density at radius 2 is 2.05 bits per heavy atom. The molecule has 0 spiro atoms. The number of carbonyl (C=O) groups is 1. The summed E-state index contributed by atoms with van der Waals surface area (Å²) in [5.41, 5.74) is 0. The van der Waals surface area contributed by atoms with Gasteiger partial charge in [0.05, 0.1) is 18.8 Å². The Balaban J connectivity index is 1.79. The van der Waals surface area contributed by atoms with Gasteiger partial charge in [-0.3, -0.25) is 4.90 Å². The number of thiophene rings is 1. The molecule has 2 aromatic heterocycles. The zero-order chi connectivity index (χ0) is 15.9. The van der Waals surface area contributed by atoms with Crippen LogP contribution in [0, 0.1) is 0 Å². The van der Waals surface area contributed by atoms with E-state index in [1.807, 2.05) is 31.1 Å². The first kappa shape index (κ1) is 16.6. The van der Waals surface area contributed by atoms with E-state index in [0.717, 1.165) is 12.2 Å². The molecule has 0 radical (unpaired) electrons. The molecule has 5 nitrogen and oxygen atoms in total. The number of aryl methyl sites for hydroxylation is 1. The smallest absolute Gasteiger partial charge is 0.315 e. The molecule has 0 aromatic carbocycles. The number of likely N-dealkylation sites (N-methyl/N-ethyl adjacent to an activating group) is 1. The van der Waals surface area contributed by atoms with E-state index in [1.165, 1.54) is 9.75 Å². The van der Waals surface area contributed by atoms with Gasteiger partial charge in [0.25, 0.3) is 0 Å². The lowest BCUT2D eigenvalue weighted by atomic mass is 10.2. The van der Waals surface area contributed by atoms with Crippen molar-refractivity contribution < 1.29 is 9.21 Å². The standard InChI is InChI=1S/C16H23N3O2S/c1-4-12-7-8-13(22-12)10-17-16(20)18-11-14(19(2)3)15-6-5-9-21-15/h5-9,14H,4,10-11H2,1-3H3,(H2,17,18,20)/t14-/m1/s1.